The Bertz CT molecular complexity index is 427. The van der Waals surface area contributed by atoms with E-state index in [1.54, 1.807) is 32.4 Å². The fraction of sp³-hybridized carbons (Fsp3) is 0.533. The van der Waals surface area contributed by atoms with Crippen LogP contribution in [0.1, 0.15) is 13.3 Å². The molecule has 118 valence electrons. The molecule has 0 saturated heterocycles. The molecular formula is C15H23NO5. The maximum Gasteiger partial charge on any atom is 0.326 e. The molecule has 1 N–H and O–H groups in total. The number of rotatable bonds is 9. The van der Waals surface area contributed by atoms with Crippen LogP contribution in [0.5, 0.6) is 17.2 Å². The van der Waals surface area contributed by atoms with Crippen LogP contribution in [0, 0.1) is 0 Å². The van der Waals surface area contributed by atoms with Crippen LogP contribution in [0.2, 0.25) is 0 Å². The van der Waals surface area contributed by atoms with Gasteiger partial charge in [0.2, 0.25) is 5.75 Å². The second-order valence-electron chi connectivity index (χ2n) is 4.33. The molecule has 0 aromatic heterocycles. The zero-order chi connectivity index (χ0) is 15.7. The highest BCUT2D eigenvalue weighted by molar-refractivity contribution is 5.75. The summed E-state index contributed by atoms with van der Waals surface area (Å²) in [7, 11) is 4.45. The van der Waals surface area contributed by atoms with E-state index in [9.17, 15) is 4.79 Å². The summed E-state index contributed by atoms with van der Waals surface area (Å²) in [6.07, 6.45) is 0.908. The molecule has 0 aliphatic heterocycles. The molecule has 1 unspecified atom stereocenters. The van der Waals surface area contributed by atoms with E-state index in [0.717, 1.165) is 6.42 Å². The third-order valence-electron chi connectivity index (χ3n) is 2.90. The third-order valence-corrected chi connectivity index (χ3v) is 2.90. The van der Waals surface area contributed by atoms with Crippen molar-refractivity contribution < 1.29 is 23.7 Å². The van der Waals surface area contributed by atoms with Gasteiger partial charge in [0.05, 0.1) is 21.3 Å². The van der Waals surface area contributed by atoms with Crippen LogP contribution in [-0.2, 0) is 9.53 Å². The Labute approximate surface area is 125 Å². The summed E-state index contributed by atoms with van der Waals surface area (Å²) >= 11 is 0. The molecule has 0 spiro atoms. The van der Waals surface area contributed by atoms with E-state index < -0.39 is 6.04 Å². The maximum absolute atomic E-state index is 11.7. The van der Waals surface area contributed by atoms with Crippen molar-refractivity contribution in [2.45, 2.75) is 19.4 Å². The summed E-state index contributed by atoms with van der Waals surface area (Å²) in [6.45, 7) is 2.85. The summed E-state index contributed by atoms with van der Waals surface area (Å²) in [5.41, 5.74) is 0. The highest BCUT2D eigenvalue weighted by atomic mass is 16.5. The molecule has 0 heterocycles. The van der Waals surface area contributed by atoms with Gasteiger partial charge in [0.1, 0.15) is 12.6 Å². The zero-order valence-electron chi connectivity index (χ0n) is 13.0. The average molecular weight is 297 g/mol. The van der Waals surface area contributed by atoms with Crippen molar-refractivity contribution in [3.05, 3.63) is 18.2 Å². The van der Waals surface area contributed by atoms with Gasteiger partial charge in [-0.1, -0.05) is 13.0 Å². The van der Waals surface area contributed by atoms with Crippen molar-refractivity contribution in [3.8, 4) is 17.2 Å². The first kappa shape index (κ1) is 17.1. The Morgan fingerprint density at radius 1 is 1.19 bits per heavy atom. The van der Waals surface area contributed by atoms with Crippen molar-refractivity contribution >= 4 is 5.97 Å². The van der Waals surface area contributed by atoms with E-state index in [2.05, 4.69) is 5.32 Å². The van der Waals surface area contributed by atoms with Crippen LogP contribution in [-0.4, -0.2) is 46.5 Å². The van der Waals surface area contributed by atoms with Gasteiger partial charge in [0, 0.05) is 0 Å². The first-order chi connectivity index (χ1) is 10.2. The summed E-state index contributed by atoms with van der Waals surface area (Å²) in [4.78, 5) is 11.7. The summed E-state index contributed by atoms with van der Waals surface area (Å²) in [5.74, 6) is 1.20. The fourth-order valence-electron chi connectivity index (χ4n) is 1.80. The lowest BCUT2D eigenvalue weighted by molar-refractivity contribution is -0.143. The molecule has 1 aromatic carbocycles. The van der Waals surface area contributed by atoms with Crippen molar-refractivity contribution in [2.24, 2.45) is 0 Å². The Hall–Kier alpha value is -1.95. The van der Waals surface area contributed by atoms with E-state index in [-0.39, 0.29) is 12.6 Å². The van der Waals surface area contributed by atoms with Crippen LogP contribution >= 0.6 is 0 Å². The number of methoxy groups -OCH3 is 3. The second kappa shape index (κ2) is 9.07. The van der Waals surface area contributed by atoms with Crippen molar-refractivity contribution in [2.75, 3.05) is 34.5 Å². The number of carbonyl (C=O) groups is 1. The molecule has 21 heavy (non-hydrogen) atoms. The molecule has 1 atom stereocenters. The van der Waals surface area contributed by atoms with Gasteiger partial charge in [0.25, 0.3) is 0 Å². The lowest BCUT2D eigenvalue weighted by Crippen LogP contribution is -2.42. The van der Waals surface area contributed by atoms with Gasteiger partial charge in [-0.05, 0) is 25.1 Å². The molecule has 0 radical (unpaired) electrons. The standard InChI is InChI=1S/C15H23NO5/c1-5-9-16-11(15(17)20-4)10-21-14-12(18-2)7-6-8-13(14)19-3/h6-8,11,16H,5,9-10H2,1-4H3. The molecule has 6 heteroatoms. The van der Waals surface area contributed by atoms with Crippen LogP contribution in [0.25, 0.3) is 0 Å². The Kier molecular flexibility index (Phi) is 7.39. The third kappa shape index (κ3) is 4.82. The number of ether oxygens (including phenoxy) is 4. The Morgan fingerprint density at radius 2 is 1.81 bits per heavy atom. The number of nitrogens with one attached hydrogen (secondary N) is 1. The second-order valence-corrected chi connectivity index (χ2v) is 4.33. The smallest absolute Gasteiger partial charge is 0.326 e. The number of esters is 1. The van der Waals surface area contributed by atoms with Crippen molar-refractivity contribution in [3.63, 3.8) is 0 Å². The van der Waals surface area contributed by atoms with E-state index in [4.69, 9.17) is 18.9 Å². The first-order valence-electron chi connectivity index (χ1n) is 6.82. The van der Waals surface area contributed by atoms with Crippen LogP contribution in [0.4, 0.5) is 0 Å². The summed E-state index contributed by atoms with van der Waals surface area (Å²) < 4.78 is 21.0. The van der Waals surface area contributed by atoms with Crippen LogP contribution in [0.15, 0.2) is 18.2 Å². The number of carbonyl (C=O) groups excluding carboxylic acids is 1. The summed E-state index contributed by atoms with van der Waals surface area (Å²) in [6, 6.07) is 4.80. The molecular weight excluding hydrogens is 274 g/mol. The van der Waals surface area contributed by atoms with Gasteiger partial charge in [-0.2, -0.15) is 0 Å². The molecule has 0 fully saturated rings. The molecule has 1 rings (SSSR count). The van der Waals surface area contributed by atoms with Gasteiger partial charge in [-0.15, -0.1) is 0 Å². The normalized spacial score (nSPS) is 11.6. The first-order valence-corrected chi connectivity index (χ1v) is 6.82. The molecule has 0 saturated carbocycles. The lowest BCUT2D eigenvalue weighted by Gasteiger charge is -2.19. The summed E-state index contributed by atoms with van der Waals surface area (Å²) in [5, 5.41) is 3.08. The predicted molar refractivity (Wildman–Crippen MR) is 79.1 cm³/mol. The molecule has 0 amide bonds. The monoisotopic (exact) mass is 297 g/mol. The highest BCUT2D eigenvalue weighted by Crippen LogP contribution is 2.36. The van der Waals surface area contributed by atoms with Crippen LogP contribution in [0.3, 0.4) is 0 Å². The number of hydrogen-bond acceptors (Lipinski definition) is 6. The lowest BCUT2D eigenvalue weighted by atomic mass is 10.2. The van der Waals surface area contributed by atoms with Crippen molar-refractivity contribution in [1.29, 1.82) is 0 Å². The van der Waals surface area contributed by atoms with E-state index >= 15 is 0 Å². The molecule has 0 aliphatic carbocycles. The van der Waals surface area contributed by atoms with Crippen molar-refractivity contribution in [1.82, 2.24) is 5.32 Å². The molecule has 1 aromatic rings. The van der Waals surface area contributed by atoms with Gasteiger partial charge in [0.15, 0.2) is 11.5 Å². The van der Waals surface area contributed by atoms with Gasteiger partial charge in [-0.25, -0.2) is 0 Å². The predicted octanol–water partition coefficient (Wildman–Crippen LogP) is 1.62. The number of para-hydroxylation sites is 1. The maximum atomic E-state index is 11.7. The van der Waals surface area contributed by atoms with Gasteiger partial charge >= 0.3 is 5.97 Å². The molecule has 0 aliphatic rings. The SMILES string of the molecule is CCCNC(COc1c(OC)cccc1OC)C(=O)OC. The Balaban J connectivity index is 2.81. The average Bonchev–Trinajstić information content (AvgIpc) is 2.53. The number of hydrogen-bond donors (Lipinski definition) is 1. The fourth-order valence-corrected chi connectivity index (χ4v) is 1.80. The number of benzene rings is 1. The minimum absolute atomic E-state index is 0.128. The molecule has 0 bridgehead atoms. The minimum Gasteiger partial charge on any atom is -0.493 e. The van der Waals surface area contributed by atoms with E-state index in [0.29, 0.717) is 23.8 Å². The van der Waals surface area contributed by atoms with E-state index in [1.807, 2.05) is 6.92 Å². The largest absolute Gasteiger partial charge is 0.493 e. The Morgan fingerprint density at radius 3 is 2.29 bits per heavy atom. The molecule has 6 nitrogen and oxygen atoms in total. The van der Waals surface area contributed by atoms with Gasteiger partial charge < -0.3 is 24.3 Å². The quantitative estimate of drug-likeness (QED) is 0.699. The van der Waals surface area contributed by atoms with Gasteiger partial charge in [-0.3, -0.25) is 4.79 Å². The topological polar surface area (TPSA) is 66.0 Å². The zero-order valence-corrected chi connectivity index (χ0v) is 13.0. The van der Waals surface area contributed by atoms with E-state index in [1.165, 1.54) is 7.11 Å². The highest BCUT2D eigenvalue weighted by Gasteiger charge is 2.21. The van der Waals surface area contributed by atoms with Crippen LogP contribution < -0.4 is 19.5 Å². The minimum atomic E-state index is -0.537.